The molecule has 0 spiro atoms. The Hall–Kier alpha value is -2.54. The summed E-state index contributed by atoms with van der Waals surface area (Å²) >= 11 is 6.03. The summed E-state index contributed by atoms with van der Waals surface area (Å²) in [5.41, 5.74) is 0.196. The summed E-state index contributed by atoms with van der Waals surface area (Å²) in [7, 11) is 0. The number of carbonyl (C=O) groups excluding carboxylic acids is 1. The highest BCUT2D eigenvalue weighted by atomic mass is 35.5. The van der Waals surface area contributed by atoms with Crippen LogP contribution in [0.5, 0.6) is 0 Å². The minimum absolute atomic E-state index is 0.219. The molecule has 27 heavy (non-hydrogen) atoms. The number of nitrogens with zero attached hydrogens (tertiary/aromatic N) is 1. The van der Waals surface area contributed by atoms with Crippen molar-refractivity contribution in [2.45, 2.75) is 32.2 Å². The molecular formula is C19H18ClF3N2O2. The largest absolute Gasteiger partial charge is 0.416 e. The minimum atomic E-state index is -4.44. The van der Waals surface area contributed by atoms with Crippen LogP contribution in [-0.2, 0) is 22.4 Å². The molecule has 0 radical (unpaired) electrons. The first-order chi connectivity index (χ1) is 12.8. The Kier molecular flexibility index (Phi) is 7.24. The quantitative estimate of drug-likeness (QED) is 0.537. The molecule has 1 atom stereocenters. The van der Waals surface area contributed by atoms with E-state index in [1.807, 2.05) is 0 Å². The number of carbonyl (C=O) groups is 1. The second-order valence-electron chi connectivity index (χ2n) is 5.67. The zero-order valence-corrected chi connectivity index (χ0v) is 15.2. The lowest BCUT2D eigenvalue weighted by atomic mass is 10.1. The Balaban J connectivity index is 1.93. The van der Waals surface area contributed by atoms with Crippen molar-refractivity contribution in [3.05, 3.63) is 70.2 Å². The second-order valence-corrected chi connectivity index (χ2v) is 6.08. The van der Waals surface area contributed by atoms with Gasteiger partial charge in [-0.15, -0.1) is 0 Å². The fourth-order valence-corrected chi connectivity index (χ4v) is 2.41. The molecule has 0 bridgehead atoms. The lowest BCUT2D eigenvalue weighted by molar-refractivity contribution is -0.137. The standard InChI is InChI=1S/C19H18ClF3N2O2/c1-2-17(18(26)24-12-14-7-3-4-9-16(14)20)27-25-11-13-6-5-8-15(10-13)19(21,22)23/h3-11,17H,2,12H2,1H3,(H,24,26)/b25-11+. The van der Waals surface area contributed by atoms with Crippen LogP contribution >= 0.6 is 11.6 Å². The summed E-state index contributed by atoms with van der Waals surface area (Å²) in [6.45, 7) is 1.97. The highest BCUT2D eigenvalue weighted by Gasteiger charge is 2.30. The van der Waals surface area contributed by atoms with Crippen molar-refractivity contribution < 1.29 is 22.8 Å². The minimum Gasteiger partial charge on any atom is -0.382 e. The van der Waals surface area contributed by atoms with Crippen LogP contribution in [-0.4, -0.2) is 18.2 Å². The molecule has 1 N–H and O–H groups in total. The molecule has 2 rings (SSSR count). The summed E-state index contributed by atoms with van der Waals surface area (Å²) in [4.78, 5) is 17.3. The number of nitrogens with one attached hydrogen (secondary N) is 1. The molecule has 1 amide bonds. The first kappa shape index (κ1) is 20.8. The molecule has 0 heterocycles. The first-order valence-corrected chi connectivity index (χ1v) is 8.56. The molecule has 0 fully saturated rings. The van der Waals surface area contributed by atoms with E-state index in [9.17, 15) is 18.0 Å². The average Bonchev–Trinajstić information content (AvgIpc) is 2.64. The maximum Gasteiger partial charge on any atom is 0.416 e. The Labute approximate surface area is 160 Å². The summed E-state index contributed by atoms with van der Waals surface area (Å²) in [6.07, 6.45) is -3.82. The van der Waals surface area contributed by atoms with Crippen molar-refractivity contribution in [2.24, 2.45) is 5.16 Å². The molecule has 0 saturated heterocycles. The molecule has 0 aromatic heterocycles. The molecule has 0 saturated carbocycles. The van der Waals surface area contributed by atoms with Gasteiger partial charge < -0.3 is 10.2 Å². The lowest BCUT2D eigenvalue weighted by Crippen LogP contribution is -2.34. The van der Waals surface area contributed by atoms with Gasteiger partial charge in [-0.25, -0.2) is 0 Å². The van der Waals surface area contributed by atoms with Gasteiger partial charge in [0.2, 0.25) is 6.10 Å². The number of oxime groups is 1. The van der Waals surface area contributed by atoms with Gasteiger partial charge in [0.25, 0.3) is 5.91 Å². The maximum atomic E-state index is 12.7. The zero-order valence-electron chi connectivity index (χ0n) is 14.5. The van der Waals surface area contributed by atoms with Crippen LogP contribution in [0.4, 0.5) is 13.2 Å². The van der Waals surface area contributed by atoms with Crippen molar-refractivity contribution in [2.75, 3.05) is 0 Å². The van der Waals surface area contributed by atoms with E-state index in [4.69, 9.17) is 16.4 Å². The third-order valence-electron chi connectivity index (χ3n) is 3.68. The first-order valence-electron chi connectivity index (χ1n) is 8.19. The van der Waals surface area contributed by atoms with Crippen molar-refractivity contribution in [3.8, 4) is 0 Å². The van der Waals surface area contributed by atoms with Gasteiger partial charge in [0.05, 0.1) is 11.8 Å². The van der Waals surface area contributed by atoms with E-state index in [-0.39, 0.29) is 12.1 Å². The molecule has 0 aliphatic heterocycles. The van der Waals surface area contributed by atoms with Crippen molar-refractivity contribution in [1.82, 2.24) is 5.32 Å². The van der Waals surface area contributed by atoms with E-state index >= 15 is 0 Å². The van der Waals surface area contributed by atoms with E-state index in [1.165, 1.54) is 12.1 Å². The molecular weight excluding hydrogens is 381 g/mol. The van der Waals surface area contributed by atoms with Gasteiger partial charge >= 0.3 is 6.18 Å². The Morgan fingerprint density at radius 2 is 2.00 bits per heavy atom. The molecule has 144 valence electrons. The van der Waals surface area contributed by atoms with E-state index in [2.05, 4.69) is 10.5 Å². The van der Waals surface area contributed by atoms with Crippen LogP contribution in [0.1, 0.15) is 30.0 Å². The number of hydrogen-bond acceptors (Lipinski definition) is 3. The summed E-state index contributed by atoms with van der Waals surface area (Å²) < 4.78 is 38.1. The average molecular weight is 399 g/mol. The van der Waals surface area contributed by atoms with E-state index < -0.39 is 23.8 Å². The number of benzene rings is 2. The normalized spacial score (nSPS) is 12.8. The van der Waals surface area contributed by atoms with Crippen LogP contribution in [0.25, 0.3) is 0 Å². The van der Waals surface area contributed by atoms with Crippen LogP contribution in [0.2, 0.25) is 5.02 Å². The number of amides is 1. The van der Waals surface area contributed by atoms with Gasteiger partial charge in [0.1, 0.15) is 0 Å². The van der Waals surface area contributed by atoms with Crippen LogP contribution in [0, 0.1) is 0 Å². The summed E-state index contributed by atoms with van der Waals surface area (Å²) in [5, 5.41) is 6.88. The molecule has 2 aromatic rings. The number of hydrogen-bond donors (Lipinski definition) is 1. The molecule has 4 nitrogen and oxygen atoms in total. The second kappa shape index (κ2) is 9.41. The fraction of sp³-hybridized carbons (Fsp3) is 0.263. The van der Waals surface area contributed by atoms with Gasteiger partial charge in [0, 0.05) is 11.6 Å². The highest BCUT2D eigenvalue weighted by molar-refractivity contribution is 6.31. The molecule has 0 aliphatic rings. The lowest BCUT2D eigenvalue weighted by Gasteiger charge is -2.13. The maximum absolute atomic E-state index is 12.7. The van der Waals surface area contributed by atoms with Crippen molar-refractivity contribution >= 4 is 23.7 Å². The van der Waals surface area contributed by atoms with Crippen molar-refractivity contribution in [1.29, 1.82) is 0 Å². The van der Waals surface area contributed by atoms with E-state index in [0.717, 1.165) is 23.9 Å². The van der Waals surface area contributed by atoms with Crippen LogP contribution in [0.3, 0.4) is 0 Å². The summed E-state index contributed by atoms with van der Waals surface area (Å²) in [6, 6.07) is 11.7. The highest BCUT2D eigenvalue weighted by Crippen LogP contribution is 2.29. The fourth-order valence-electron chi connectivity index (χ4n) is 2.21. The Morgan fingerprint density at radius 1 is 1.26 bits per heavy atom. The Bertz CT molecular complexity index is 810. The smallest absolute Gasteiger partial charge is 0.382 e. The van der Waals surface area contributed by atoms with Crippen molar-refractivity contribution in [3.63, 3.8) is 0 Å². The molecule has 8 heteroatoms. The number of halogens is 4. The van der Waals surface area contributed by atoms with E-state index in [0.29, 0.717) is 11.4 Å². The number of alkyl halides is 3. The van der Waals surface area contributed by atoms with Gasteiger partial charge in [-0.1, -0.05) is 54.0 Å². The monoisotopic (exact) mass is 398 g/mol. The van der Waals surface area contributed by atoms with Crippen LogP contribution < -0.4 is 5.32 Å². The third kappa shape index (κ3) is 6.29. The van der Waals surface area contributed by atoms with Gasteiger partial charge in [-0.3, -0.25) is 4.79 Å². The predicted octanol–water partition coefficient (Wildman–Crippen LogP) is 4.80. The Morgan fingerprint density at radius 3 is 2.67 bits per heavy atom. The van der Waals surface area contributed by atoms with Crippen LogP contribution in [0.15, 0.2) is 53.7 Å². The zero-order chi connectivity index (χ0) is 19.9. The molecule has 1 unspecified atom stereocenters. The third-order valence-corrected chi connectivity index (χ3v) is 4.05. The molecule has 2 aromatic carbocycles. The van der Waals surface area contributed by atoms with E-state index in [1.54, 1.807) is 31.2 Å². The van der Waals surface area contributed by atoms with Gasteiger partial charge in [-0.05, 0) is 35.7 Å². The topological polar surface area (TPSA) is 50.7 Å². The molecule has 0 aliphatic carbocycles. The number of rotatable bonds is 7. The van der Waals surface area contributed by atoms with Gasteiger partial charge in [0.15, 0.2) is 0 Å². The summed E-state index contributed by atoms with van der Waals surface area (Å²) in [5.74, 6) is -0.390. The SMILES string of the molecule is CCC(O/N=C/c1cccc(C(F)(F)F)c1)C(=O)NCc1ccccc1Cl. The predicted molar refractivity (Wildman–Crippen MR) is 97.5 cm³/mol. The van der Waals surface area contributed by atoms with Gasteiger partial charge in [-0.2, -0.15) is 13.2 Å².